The lowest BCUT2D eigenvalue weighted by molar-refractivity contribution is 0.0966. The summed E-state index contributed by atoms with van der Waals surface area (Å²) >= 11 is 0. The van der Waals surface area contributed by atoms with Crippen LogP contribution in [0.3, 0.4) is 0 Å². The average Bonchev–Trinajstić information content (AvgIpc) is 2.17. The molecule has 2 N–H and O–H groups in total. The van der Waals surface area contributed by atoms with Gasteiger partial charge in [0.05, 0.1) is 0 Å². The van der Waals surface area contributed by atoms with Crippen LogP contribution in [0.2, 0.25) is 0 Å². The van der Waals surface area contributed by atoms with E-state index in [1.165, 1.54) is 25.9 Å². The van der Waals surface area contributed by atoms with Gasteiger partial charge in [-0.05, 0) is 53.8 Å². The molecule has 3 unspecified atom stereocenters. The summed E-state index contributed by atoms with van der Waals surface area (Å²) in [6.45, 7) is 6.87. The molecule has 1 heterocycles. The van der Waals surface area contributed by atoms with Crippen LogP contribution in [0.15, 0.2) is 0 Å². The van der Waals surface area contributed by atoms with Gasteiger partial charge in [0, 0.05) is 24.7 Å². The fourth-order valence-electron chi connectivity index (χ4n) is 2.49. The van der Waals surface area contributed by atoms with Crippen LogP contribution < -0.4 is 5.73 Å². The van der Waals surface area contributed by atoms with Crippen LogP contribution in [0.1, 0.15) is 33.1 Å². The lowest BCUT2D eigenvalue weighted by Crippen LogP contribution is -2.49. The first-order chi connectivity index (χ1) is 7.00. The standard InChI is InChI=1S/C12H27N3/c1-10(13)8-11(2)15-7-5-6-12(9-15)14(3)4/h10-12H,5-9,13H2,1-4H3. The molecule has 3 heteroatoms. The van der Waals surface area contributed by atoms with Crippen molar-refractivity contribution in [2.75, 3.05) is 27.2 Å². The molecular formula is C12H27N3. The van der Waals surface area contributed by atoms with Crippen molar-refractivity contribution in [2.24, 2.45) is 5.73 Å². The van der Waals surface area contributed by atoms with E-state index in [9.17, 15) is 0 Å². The average molecular weight is 213 g/mol. The van der Waals surface area contributed by atoms with Gasteiger partial charge < -0.3 is 10.6 Å². The minimum absolute atomic E-state index is 0.319. The molecule has 15 heavy (non-hydrogen) atoms. The number of nitrogens with zero attached hydrogens (tertiary/aromatic N) is 2. The van der Waals surface area contributed by atoms with Crippen molar-refractivity contribution in [3.8, 4) is 0 Å². The van der Waals surface area contributed by atoms with E-state index in [2.05, 4.69) is 37.7 Å². The van der Waals surface area contributed by atoms with Crippen LogP contribution >= 0.6 is 0 Å². The Balaban J connectivity index is 2.41. The van der Waals surface area contributed by atoms with Gasteiger partial charge in [-0.25, -0.2) is 0 Å². The maximum absolute atomic E-state index is 5.86. The van der Waals surface area contributed by atoms with Crippen molar-refractivity contribution in [1.82, 2.24) is 9.80 Å². The molecule has 90 valence electrons. The van der Waals surface area contributed by atoms with Crippen molar-refractivity contribution in [2.45, 2.75) is 51.2 Å². The Morgan fingerprint density at radius 3 is 2.60 bits per heavy atom. The van der Waals surface area contributed by atoms with Crippen molar-refractivity contribution in [3.05, 3.63) is 0 Å². The normalized spacial score (nSPS) is 28.0. The smallest absolute Gasteiger partial charge is 0.0217 e. The molecule has 0 aromatic rings. The fraction of sp³-hybridized carbons (Fsp3) is 1.00. The summed E-state index contributed by atoms with van der Waals surface area (Å²) in [5.41, 5.74) is 5.86. The molecule has 0 aliphatic carbocycles. The first-order valence-electron chi connectivity index (χ1n) is 6.16. The quantitative estimate of drug-likeness (QED) is 0.760. The van der Waals surface area contributed by atoms with Crippen LogP contribution in [-0.4, -0.2) is 55.1 Å². The fourth-order valence-corrected chi connectivity index (χ4v) is 2.49. The molecule has 0 aromatic heterocycles. The summed E-state index contributed by atoms with van der Waals surface area (Å²) in [4.78, 5) is 4.95. The van der Waals surface area contributed by atoms with E-state index in [1.807, 2.05) is 0 Å². The first-order valence-corrected chi connectivity index (χ1v) is 6.16. The van der Waals surface area contributed by atoms with Gasteiger partial charge in [0.2, 0.25) is 0 Å². The Kier molecular flexibility index (Phi) is 5.03. The van der Waals surface area contributed by atoms with Gasteiger partial charge in [-0.1, -0.05) is 0 Å². The summed E-state index contributed by atoms with van der Waals surface area (Å²) in [6, 6.07) is 1.68. The molecule has 1 fully saturated rings. The third-order valence-corrected chi connectivity index (χ3v) is 3.49. The van der Waals surface area contributed by atoms with E-state index in [-0.39, 0.29) is 0 Å². The largest absolute Gasteiger partial charge is 0.328 e. The number of nitrogens with two attached hydrogens (primary N) is 1. The van der Waals surface area contributed by atoms with Crippen molar-refractivity contribution in [3.63, 3.8) is 0 Å². The Morgan fingerprint density at radius 1 is 1.40 bits per heavy atom. The van der Waals surface area contributed by atoms with Crippen molar-refractivity contribution < 1.29 is 0 Å². The molecule has 1 saturated heterocycles. The second-order valence-electron chi connectivity index (χ2n) is 5.32. The van der Waals surface area contributed by atoms with E-state index < -0.39 is 0 Å². The summed E-state index contributed by atoms with van der Waals surface area (Å²) in [5.74, 6) is 0. The molecular weight excluding hydrogens is 186 g/mol. The summed E-state index contributed by atoms with van der Waals surface area (Å²) < 4.78 is 0. The monoisotopic (exact) mass is 213 g/mol. The summed E-state index contributed by atoms with van der Waals surface area (Å²) in [5, 5.41) is 0. The lowest BCUT2D eigenvalue weighted by atomic mass is 10.0. The number of likely N-dealkylation sites (tertiary alicyclic amines) is 1. The third-order valence-electron chi connectivity index (χ3n) is 3.49. The number of piperidine rings is 1. The van der Waals surface area contributed by atoms with E-state index in [4.69, 9.17) is 5.73 Å². The van der Waals surface area contributed by atoms with Gasteiger partial charge in [0.1, 0.15) is 0 Å². The molecule has 0 bridgehead atoms. The van der Waals surface area contributed by atoms with Crippen LogP contribution in [-0.2, 0) is 0 Å². The topological polar surface area (TPSA) is 32.5 Å². The van der Waals surface area contributed by atoms with Gasteiger partial charge >= 0.3 is 0 Å². The van der Waals surface area contributed by atoms with Gasteiger partial charge in [0.25, 0.3) is 0 Å². The van der Waals surface area contributed by atoms with Crippen LogP contribution in [0.25, 0.3) is 0 Å². The highest BCUT2D eigenvalue weighted by Gasteiger charge is 2.24. The van der Waals surface area contributed by atoms with Gasteiger partial charge in [0.15, 0.2) is 0 Å². The minimum Gasteiger partial charge on any atom is -0.328 e. The zero-order valence-electron chi connectivity index (χ0n) is 10.7. The highest BCUT2D eigenvalue weighted by molar-refractivity contribution is 4.82. The van der Waals surface area contributed by atoms with Crippen molar-refractivity contribution in [1.29, 1.82) is 0 Å². The van der Waals surface area contributed by atoms with Crippen LogP contribution in [0, 0.1) is 0 Å². The van der Waals surface area contributed by atoms with Gasteiger partial charge in [-0.2, -0.15) is 0 Å². The molecule has 1 aliphatic rings. The molecule has 0 aromatic carbocycles. The van der Waals surface area contributed by atoms with E-state index in [0.717, 1.165) is 12.5 Å². The third kappa shape index (κ3) is 4.09. The Hall–Kier alpha value is -0.120. The number of likely N-dealkylation sites (N-methyl/N-ethyl adjacent to an activating group) is 1. The minimum atomic E-state index is 0.319. The molecule has 1 aliphatic heterocycles. The predicted molar refractivity (Wildman–Crippen MR) is 66.0 cm³/mol. The highest BCUT2D eigenvalue weighted by Crippen LogP contribution is 2.17. The van der Waals surface area contributed by atoms with E-state index >= 15 is 0 Å². The molecule has 1 rings (SSSR count). The van der Waals surface area contributed by atoms with Crippen LogP contribution in [0.4, 0.5) is 0 Å². The zero-order valence-corrected chi connectivity index (χ0v) is 10.7. The number of hydrogen-bond acceptors (Lipinski definition) is 3. The van der Waals surface area contributed by atoms with Gasteiger partial charge in [-0.3, -0.25) is 4.90 Å². The molecule has 0 amide bonds. The molecule has 0 spiro atoms. The SMILES string of the molecule is CC(N)CC(C)N1CCCC(N(C)C)C1. The Labute approximate surface area is 94.6 Å². The Morgan fingerprint density at radius 2 is 2.07 bits per heavy atom. The summed E-state index contributed by atoms with van der Waals surface area (Å²) in [7, 11) is 4.37. The molecule has 3 atom stereocenters. The number of hydrogen-bond donors (Lipinski definition) is 1. The van der Waals surface area contributed by atoms with E-state index in [1.54, 1.807) is 0 Å². The second-order valence-corrected chi connectivity index (χ2v) is 5.32. The highest BCUT2D eigenvalue weighted by atomic mass is 15.2. The Bertz CT molecular complexity index is 180. The van der Waals surface area contributed by atoms with Crippen molar-refractivity contribution >= 4 is 0 Å². The van der Waals surface area contributed by atoms with E-state index in [0.29, 0.717) is 12.1 Å². The predicted octanol–water partition coefficient (Wildman–Crippen LogP) is 1.14. The second kappa shape index (κ2) is 5.83. The molecule has 0 saturated carbocycles. The van der Waals surface area contributed by atoms with Crippen LogP contribution in [0.5, 0.6) is 0 Å². The number of rotatable bonds is 4. The lowest BCUT2D eigenvalue weighted by Gasteiger charge is -2.39. The maximum atomic E-state index is 5.86. The summed E-state index contributed by atoms with van der Waals surface area (Å²) in [6.07, 6.45) is 3.78. The van der Waals surface area contributed by atoms with Gasteiger partial charge in [-0.15, -0.1) is 0 Å². The molecule has 0 radical (unpaired) electrons. The maximum Gasteiger partial charge on any atom is 0.0217 e. The zero-order chi connectivity index (χ0) is 11.4. The first kappa shape index (κ1) is 12.9. The molecule has 3 nitrogen and oxygen atoms in total.